The second-order valence-electron chi connectivity index (χ2n) is 4.52. The molecule has 2 rings (SSSR count). The van der Waals surface area contributed by atoms with Gasteiger partial charge in [0.2, 0.25) is 0 Å². The molecule has 0 fully saturated rings. The molecule has 1 aliphatic carbocycles. The predicted octanol–water partition coefficient (Wildman–Crippen LogP) is 5.40. The molecule has 0 spiro atoms. The van der Waals surface area contributed by atoms with Crippen LogP contribution in [0.4, 0.5) is 0 Å². The molecule has 1 atom stereocenters. The first kappa shape index (κ1) is 18.6. The molecule has 0 aromatic heterocycles. The van der Waals surface area contributed by atoms with Crippen molar-refractivity contribution in [2.24, 2.45) is 0 Å². The Bertz CT molecular complexity index is 417. The first-order valence-electron chi connectivity index (χ1n) is 6.82. The quantitative estimate of drug-likeness (QED) is 0.497. The SMILES string of the molecule is CCN(CC)CCC1[C-]=Cc2ccccc21.[Cl][Ti+]([Cl])[Cl]. The van der Waals surface area contributed by atoms with Crippen LogP contribution < -0.4 is 0 Å². The molecule has 0 N–H and O–H groups in total. The van der Waals surface area contributed by atoms with Crippen molar-refractivity contribution in [2.75, 3.05) is 19.6 Å². The van der Waals surface area contributed by atoms with E-state index in [0.717, 1.165) is 13.1 Å². The van der Waals surface area contributed by atoms with E-state index in [-0.39, 0.29) is 0 Å². The third-order valence-electron chi connectivity index (χ3n) is 3.44. The molecule has 110 valence electrons. The van der Waals surface area contributed by atoms with Crippen molar-refractivity contribution in [1.29, 1.82) is 0 Å². The number of nitrogens with zero attached hydrogens (tertiary/aromatic N) is 1. The van der Waals surface area contributed by atoms with Crippen LogP contribution in [0.1, 0.15) is 37.3 Å². The number of hydrogen-bond donors (Lipinski definition) is 0. The van der Waals surface area contributed by atoms with E-state index in [1.54, 1.807) is 0 Å². The summed E-state index contributed by atoms with van der Waals surface area (Å²) in [4.78, 5) is 2.47. The van der Waals surface area contributed by atoms with Gasteiger partial charge in [0.05, 0.1) is 0 Å². The Hall–Kier alpha value is 0.504. The van der Waals surface area contributed by atoms with Crippen LogP contribution in [0.5, 0.6) is 0 Å². The van der Waals surface area contributed by atoms with Crippen molar-refractivity contribution >= 4 is 34.0 Å². The van der Waals surface area contributed by atoms with Gasteiger partial charge in [0.15, 0.2) is 0 Å². The molecule has 5 heteroatoms. The van der Waals surface area contributed by atoms with E-state index in [9.17, 15) is 0 Å². The third kappa shape index (κ3) is 6.51. The number of allylic oxidation sites excluding steroid dienone is 1. The van der Waals surface area contributed by atoms with Gasteiger partial charge >= 0.3 is 42.6 Å². The standard InChI is InChI=1S/C15H20N.3ClH.Ti/c1-3-16(4-2)12-11-14-10-9-13-7-5-6-8-15(13)14;;;;/h5-9,14H,3-4,11-12H2,1-2H3;3*1H;/q-1;;;;+4/p-3. The van der Waals surface area contributed by atoms with E-state index in [0.29, 0.717) is 5.92 Å². The molecule has 0 heterocycles. The molecule has 1 nitrogen and oxygen atoms in total. The number of rotatable bonds is 5. The Morgan fingerprint density at radius 1 is 1.15 bits per heavy atom. The molecule has 1 unspecified atom stereocenters. The van der Waals surface area contributed by atoms with Gasteiger partial charge in [0.1, 0.15) is 0 Å². The molecular formula is C15H20Cl3NTi. The zero-order valence-corrected chi connectivity index (χ0v) is 15.7. The van der Waals surface area contributed by atoms with E-state index >= 15 is 0 Å². The summed E-state index contributed by atoms with van der Waals surface area (Å²) in [6.07, 6.45) is 6.80. The summed E-state index contributed by atoms with van der Waals surface area (Å²) in [6.45, 7) is 7.92. The van der Waals surface area contributed by atoms with Crippen molar-refractivity contribution in [3.63, 3.8) is 0 Å². The molecule has 0 saturated carbocycles. The molecule has 0 saturated heterocycles. The van der Waals surface area contributed by atoms with Crippen LogP contribution in [0.2, 0.25) is 0 Å². The number of fused-ring (bicyclic) bond motifs is 1. The summed E-state index contributed by atoms with van der Waals surface area (Å²) in [6, 6.07) is 8.65. The van der Waals surface area contributed by atoms with Crippen LogP contribution in [-0.2, 0) is 14.7 Å². The molecule has 0 amide bonds. The first-order valence-corrected chi connectivity index (χ1v) is 13.3. The van der Waals surface area contributed by atoms with E-state index in [2.05, 4.69) is 55.2 Å². The summed E-state index contributed by atoms with van der Waals surface area (Å²) in [7, 11) is 14.9. The van der Waals surface area contributed by atoms with Crippen LogP contribution in [-0.4, -0.2) is 24.5 Å². The second-order valence-corrected chi connectivity index (χ2v) is 12.3. The maximum absolute atomic E-state index is 4.97. The number of hydrogen-bond acceptors (Lipinski definition) is 1. The van der Waals surface area contributed by atoms with Gasteiger partial charge in [-0.15, -0.1) is 11.6 Å². The van der Waals surface area contributed by atoms with Gasteiger partial charge in [-0.05, 0) is 26.1 Å². The zero-order chi connectivity index (χ0) is 15.0. The number of halogens is 3. The van der Waals surface area contributed by atoms with Gasteiger partial charge in [-0.3, -0.25) is 6.08 Å². The summed E-state index contributed by atoms with van der Waals surface area (Å²) < 4.78 is 0. The molecule has 0 bridgehead atoms. The molecule has 1 aromatic rings. The van der Waals surface area contributed by atoms with Crippen molar-refractivity contribution < 1.29 is 14.7 Å². The predicted molar refractivity (Wildman–Crippen MR) is 86.9 cm³/mol. The first-order chi connectivity index (χ1) is 9.58. The van der Waals surface area contributed by atoms with E-state index < -0.39 is 14.7 Å². The third-order valence-corrected chi connectivity index (χ3v) is 3.44. The van der Waals surface area contributed by atoms with E-state index in [1.165, 1.54) is 24.1 Å². The van der Waals surface area contributed by atoms with Crippen LogP contribution in [0.25, 0.3) is 6.08 Å². The van der Waals surface area contributed by atoms with Crippen LogP contribution in [0.15, 0.2) is 24.3 Å². The fourth-order valence-electron chi connectivity index (χ4n) is 2.33. The summed E-state index contributed by atoms with van der Waals surface area (Å²) in [5, 5.41) is 0. The maximum atomic E-state index is 4.97. The van der Waals surface area contributed by atoms with Crippen molar-refractivity contribution in [3.8, 4) is 0 Å². The fraction of sp³-hybridized carbons (Fsp3) is 0.467. The van der Waals surface area contributed by atoms with Crippen molar-refractivity contribution in [3.05, 3.63) is 41.5 Å². The molecule has 20 heavy (non-hydrogen) atoms. The molecule has 1 aliphatic rings. The molecule has 1 aromatic carbocycles. The minimum atomic E-state index is -1.92. The van der Waals surface area contributed by atoms with Gasteiger partial charge < -0.3 is 4.90 Å². The van der Waals surface area contributed by atoms with Crippen LogP contribution in [0, 0.1) is 6.08 Å². The normalized spacial score (nSPS) is 15.8. The fourth-order valence-corrected chi connectivity index (χ4v) is 2.33. The van der Waals surface area contributed by atoms with Gasteiger partial charge in [0, 0.05) is 0 Å². The van der Waals surface area contributed by atoms with Crippen LogP contribution >= 0.6 is 27.9 Å². The van der Waals surface area contributed by atoms with Crippen LogP contribution in [0.3, 0.4) is 0 Å². The Labute approximate surface area is 140 Å². The summed E-state index contributed by atoms with van der Waals surface area (Å²) in [5.74, 6) is 0.511. The van der Waals surface area contributed by atoms with Gasteiger partial charge in [-0.25, -0.2) is 6.08 Å². The van der Waals surface area contributed by atoms with E-state index in [1.807, 2.05) is 0 Å². The minimum absolute atomic E-state index is 0.511. The van der Waals surface area contributed by atoms with Gasteiger partial charge in [-0.1, -0.05) is 38.0 Å². The molecule has 0 aliphatic heterocycles. The Morgan fingerprint density at radius 2 is 1.75 bits per heavy atom. The molecule has 0 radical (unpaired) electrons. The summed E-state index contributed by atoms with van der Waals surface area (Å²) >= 11 is -1.92. The topological polar surface area (TPSA) is 3.24 Å². The number of benzene rings is 1. The van der Waals surface area contributed by atoms with Gasteiger partial charge in [-0.2, -0.15) is 5.56 Å². The van der Waals surface area contributed by atoms with E-state index in [4.69, 9.17) is 27.9 Å². The summed E-state index contributed by atoms with van der Waals surface area (Å²) in [5.41, 5.74) is 2.81. The Balaban J connectivity index is 0.000000444. The Morgan fingerprint density at radius 3 is 2.35 bits per heavy atom. The van der Waals surface area contributed by atoms with Gasteiger partial charge in [0.25, 0.3) is 0 Å². The second kappa shape index (κ2) is 10.3. The van der Waals surface area contributed by atoms with Crippen molar-refractivity contribution in [1.82, 2.24) is 4.90 Å². The molecular weight excluding hydrogens is 348 g/mol. The Kier molecular flexibility index (Phi) is 9.52. The van der Waals surface area contributed by atoms with Crippen molar-refractivity contribution in [2.45, 2.75) is 26.2 Å². The monoisotopic (exact) mass is 367 g/mol. The average Bonchev–Trinajstić information content (AvgIpc) is 2.83. The zero-order valence-electron chi connectivity index (χ0n) is 11.9. The average molecular weight is 369 g/mol.